The van der Waals surface area contributed by atoms with Crippen molar-refractivity contribution >= 4 is 28.4 Å². The van der Waals surface area contributed by atoms with Crippen molar-refractivity contribution in [1.29, 1.82) is 0 Å². The summed E-state index contributed by atoms with van der Waals surface area (Å²) in [6, 6.07) is 0. The predicted molar refractivity (Wildman–Crippen MR) is 75.2 cm³/mol. The molecule has 0 aliphatic carbocycles. The summed E-state index contributed by atoms with van der Waals surface area (Å²) in [5.41, 5.74) is 2.70. The molecule has 0 amide bonds. The maximum absolute atomic E-state index is 4.45. The van der Waals surface area contributed by atoms with Gasteiger partial charge in [-0.2, -0.15) is 4.98 Å². The van der Waals surface area contributed by atoms with Gasteiger partial charge in [0.05, 0.1) is 29.8 Å². The number of nitrogens with zero attached hydrogens (tertiary/aromatic N) is 5. The van der Waals surface area contributed by atoms with Crippen LogP contribution >= 0.6 is 11.3 Å². The van der Waals surface area contributed by atoms with Crippen molar-refractivity contribution in [3.8, 4) is 0 Å². The second-order valence-electron chi connectivity index (χ2n) is 4.35. The van der Waals surface area contributed by atoms with Gasteiger partial charge in [0.1, 0.15) is 5.52 Å². The van der Waals surface area contributed by atoms with E-state index in [1.54, 1.807) is 23.9 Å². The molecule has 3 aromatic rings. The number of nitrogens with one attached hydrogen (secondary N) is 1. The lowest BCUT2D eigenvalue weighted by atomic mass is 10.4. The largest absolute Gasteiger partial charge is 0.349 e. The van der Waals surface area contributed by atoms with Crippen molar-refractivity contribution in [2.75, 3.05) is 5.32 Å². The zero-order valence-electron chi connectivity index (χ0n) is 11.0. The molecule has 7 heteroatoms. The van der Waals surface area contributed by atoms with E-state index in [2.05, 4.69) is 25.3 Å². The van der Waals surface area contributed by atoms with Crippen LogP contribution in [-0.2, 0) is 13.6 Å². The number of thiazole rings is 1. The van der Waals surface area contributed by atoms with Gasteiger partial charge in [0.2, 0.25) is 5.95 Å². The topological polar surface area (TPSA) is 68.5 Å². The smallest absolute Gasteiger partial charge is 0.225 e. The van der Waals surface area contributed by atoms with Crippen LogP contribution in [-0.4, -0.2) is 24.5 Å². The Hall–Kier alpha value is -2.02. The lowest BCUT2D eigenvalue weighted by Crippen LogP contribution is -2.04. The first kappa shape index (κ1) is 12.0. The van der Waals surface area contributed by atoms with Crippen molar-refractivity contribution < 1.29 is 0 Å². The van der Waals surface area contributed by atoms with Gasteiger partial charge in [-0.05, 0) is 13.8 Å². The van der Waals surface area contributed by atoms with Gasteiger partial charge in [0.15, 0.2) is 5.65 Å². The van der Waals surface area contributed by atoms with Gasteiger partial charge >= 0.3 is 0 Å². The first-order valence-corrected chi connectivity index (χ1v) is 6.76. The van der Waals surface area contributed by atoms with E-state index in [9.17, 15) is 0 Å². The normalized spacial score (nSPS) is 11.1. The summed E-state index contributed by atoms with van der Waals surface area (Å²) in [6.07, 6.45) is 3.47. The van der Waals surface area contributed by atoms with Crippen LogP contribution in [0, 0.1) is 13.8 Å². The number of fused-ring (bicyclic) bond motifs is 1. The number of aryl methyl sites for hydroxylation is 3. The van der Waals surface area contributed by atoms with Gasteiger partial charge in [-0.1, -0.05) is 0 Å². The van der Waals surface area contributed by atoms with E-state index in [1.807, 2.05) is 25.5 Å². The van der Waals surface area contributed by atoms with Crippen LogP contribution in [0.2, 0.25) is 0 Å². The van der Waals surface area contributed by atoms with Crippen LogP contribution in [0.15, 0.2) is 12.5 Å². The Bertz CT molecular complexity index is 729. The van der Waals surface area contributed by atoms with Crippen LogP contribution in [0.5, 0.6) is 0 Å². The quantitative estimate of drug-likeness (QED) is 0.791. The first-order valence-electron chi connectivity index (χ1n) is 5.94. The molecule has 6 nitrogen and oxygen atoms in total. The number of aromatic nitrogens is 5. The average molecular weight is 274 g/mol. The molecule has 0 unspecified atom stereocenters. The molecule has 98 valence electrons. The number of hydrogen-bond donors (Lipinski definition) is 1. The van der Waals surface area contributed by atoms with Gasteiger partial charge in [0, 0.05) is 11.9 Å². The highest BCUT2D eigenvalue weighted by Gasteiger charge is 2.07. The number of imidazole rings is 1. The Kier molecular flexibility index (Phi) is 2.90. The molecular formula is C12H14N6S. The molecule has 0 spiro atoms. The molecule has 0 saturated carbocycles. The summed E-state index contributed by atoms with van der Waals surface area (Å²) in [5, 5.41) is 4.31. The second kappa shape index (κ2) is 4.58. The average Bonchev–Trinajstić information content (AvgIpc) is 2.90. The van der Waals surface area contributed by atoms with Gasteiger partial charge in [-0.15, -0.1) is 11.3 Å². The first-order chi connectivity index (χ1) is 9.13. The van der Waals surface area contributed by atoms with Crippen molar-refractivity contribution in [3.63, 3.8) is 0 Å². The Morgan fingerprint density at radius 2 is 2.11 bits per heavy atom. The summed E-state index contributed by atoms with van der Waals surface area (Å²) in [7, 11) is 1.92. The zero-order chi connectivity index (χ0) is 13.4. The maximum Gasteiger partial charge on any atom is 0.225 e. The van der Waals surface area contributed by atoms with Crippen molar-refractivity contribution in [3.05, 3.63) is 28.1 Å². The molecule has 0 aromatic carbocycles. The van der Waals surface area contributed by atoms with Crippen LogP contribution in [0.25, 0.3) is 11.2 Å². The standard InChI is InChI=1S/C12H14N6S/c1-7-10(19-8(2)16-7)5-14-12-13-4-9-11(17-12)18(3)6-15-9/h4,6H,5H2,1-3H3,(H,13,14,17). The van der Waals surface area contributed by atoms with Crippen molar-refractivity contribution in [1.82, 2.24) is 24.5 Å². The van der Waals surface area contributed by atoms with Crippen LogP contribution in [0.4, 0.5) is 5.95 Å². The van der Waals surface area contributed by atoms with Gasteiger partial charge in [-0.3, -0.25) is 0 Å². The molecule has 0 aliphatic rings. The molecular weight excluding hydrogens is 260 g/mol. The van der Waals surface area contributed by atoms with Crippen LogP contribution in [0.3, 0.4) is 0 Å². The number of anilines is 1. The molecule has 0 bridgehead atoms. The molecule has 0 atom stereocenters. The third kappa shape index (κ3) is 2.28. The SMILES string of the molecule is Cc1nc(C)c(CNc2ncc3ncn(C)c3n2)s1. The fourth-order valence-corrected chi connectivity index (χ4v) is 2.78. The molecule has 0 fully saturated rings. The fourth-order valence-electron chi connectivity index (χ4n) is 1.90. The molecule has 0 radical (unpaired) electrons. The summed E-state index contributed by atoms with van der Waals surface area (Å²) in [4.78, 5) is 18.5. The molecule has 0 aliphatic heterocycles. The number of hydrogen-bond acceptors (Lipinski definition) is 6. The minimum atomic E-state index is 0.613. The van der Waals surface area contributed by atoms with E-state index in [-0.39, 0.29) is 0 Å². The molecule has 3 rings (SSSR count). The second-order valence-corrected chi connectivity index (χ2v) is 5.64. The van der Waals surface area contributed by atoms with E-state index < -0.39 is 0 Å². The minimum Gasteiger partial charge on any atom is -0.349 e. The van der Waals surface area contributed by atoms with Crippen LogP contribution in [0.1, 0.15) is 15.6 Å². The highest BCUT2D eigenvalue weighted by atomic mass is 32.1. The molecule has 19 heavy (non-hydrogen) atoms. The highest BCUT2D eigenvalue weighted by Crippen LogP contribution is 2.18. The van der Waals surface area contributed by atoms with E-state index in [4.69, 9.17) is 0 Å². The summed E-state index contributed by atoms with van der Waals surface area (Å²) in [6.45, 7) is 4.73. The van der Waals surface area contributed by atoms with Crippen molar-refractivity contribution in [2.45, 2.75) is 20.4 Å². The lowest BCUT2D eigenvalue weighted by Gasteiger charge is -2.03. The van der Waals surface area contributed by atoms with E-state index >= 15 is 0 Å². The van der Waals surface area contributed by atoms with E-state index in [1.165, 1.54) is 4.88 Å². The van der Waals surface area contributed by atoms with E-state index in [0.717, 1.165) is 21.9 Å². The zero-order valence-corrected chi connectivity index (χ0v) is 11.8. The molecule has 1 N–H and O–H groups in total. The fraction of sp³-hybridized carbons (Fsp3) is 0.333. The molecule has 3 heterocycles. The van der Waals surface area contributed by atoms with E-state index in [0.29, 0.717) is 12.5 Å². The Labute approximate surface area is 114 Å². The third-order valence-electron chi connectivity index (χ3n) is 2.86. The van der Waals surface area contributed by atoms with Crippen molar-refractivity contribution in [2.24, 2.45) is 7.05 Å². The molecule has 0 saturated heterocycles. The molecule has 3 aromatic heterocycles. The summed E-state index contributed by atoms with van der Waals surface area (Å²) in [5.74, 6) is 0.613. The monoisotopic (exact) mass is 274 g/mol. The maximum atomic E-state index is 4.45. The van der Waals surface area contributed by atoms with Gasteiger partial charge in [0.25, 0.3) is 0 Å². The van der Waals surface area contributed by atoms with Gasteiger partial charge < -0.3 is 9.88 Å². The Morgan fingerprint density at radius 3 is 2.84 bits per heavy atom. The highest BCUT2D eigenvalue weighted by molar-refractivity contribution is 7.11. The third-order valence-corrected chi connectivity index (χ3v) is 3.93. The Morgan fingerprint density at radius 1 is 1.26 bits per heavy atom. The Balaban J connectivity index is 1.81. The van der Waals surface area contributed by atoms with Crippen LogP contribution < -0.4 is 5.32 Å². The minimum absolute atomic E-state index is 0.613. The summed E-state index contributed by atoms with van der Waals surface area (Å²) >= 11 is 1.70. The lowest BCUT2D eigenvalue weighted by molar-refractivity contribution is 0.926. The predicted octanol–water partition coefficient (Wildman–Crippen LogP) is 2.05. The van der Waals surface area contributed by atoms with Gasteiger partial charge in [-0.25, -0.2) is 15.0 Å². The summed E-state index contributed by atoms with van der Waals surface area (Å²) < 4.78 is 1.88. The number of rotatable bonds is 3.